The summed E-state index contributed by atoms with van der Waals surface area (Å²) in [6.45, 7) is 4.71. The van der Waals surface area contributed by atoms with Gasteiger partial charge in [-0.2, -0.15) is 0 Å². The Morgan fingerprint density at radius 1 is 1.30 bits per heavy atom. The van der Waals surface area contributed by atoms with Gasteiger partial charge in [-0.3, -0.25) is 0 Å². The van der Waals surface area contributed by atoms with Crippen LogP contribution in [0.5, 0.6) is 0 Å². The predicted octanol–water partition coefficient (Wildman–Crippen LogP) is 3.61. The monoisotopic (exact) mass is 140 g/mol. The largest absolute Gasteiger partial charge is 0.0654 e. The Morgan fingerprint density at radius 3 is 2.70 bits per heavy atom. The lowest BCUT2D eigenvalue weighted by molar-refractivity contribution is 0.268. The van der Waals surface area contributed by atoms with E-state index >= 15 is 0 Å². The molecule has 0 unspecified atom stereocenters. The molecular formula is C10H20. The van der Waals surface area contributed by atoms with Crippen molar-refractivity contribution >= 4 is 0 Å². The molecule has 60 valence electrons. The van der Waals surface area contributed by atoms with Crippen molar-refractivity contribution in [3.8, 4) is 0 Å². The molecule has 0 saturated heterocycles. The van der Waals surface area contributed by atoms with Crippen LogP contribution in [0.15, 0.2) is 0 Å². The fraction of sp³-hybridized carbons (Fsp3) is 1.00. The lowest BCUT2D eigenvalue weighted by atomic mass is 9.80. The van der Waals surface area contributed by atoms with E-state index in [1.807, 2.05) is 0 Å². The van der Waals surface area contributed by atoms with Gasteiger partial charge in [-0.05, 0) is 18.3 Å². The molecule has 0 spiro atoms. The van der Waals surface area contributed by atoms with Crippen LogP contribution in [-0.4, -0.2) is 0 Å². The van der Waals surface area contributed by atoms with Crippen molar-refractivity contribution in [1.29, 1.82) is 0 Å². The zero-order valence-corrected chi connectivity index (χ0v) is 7.40. The van der Waals surface area contributed by atoms with Crippen LogP contribution in [0.25, 0.3) is 0 Å². The van der Waals surface area contributed by atoms with Gasteiger partial charge in [0.1, 0.15) is 0 Å². The molecule has 2 atom stereocenters. The summed E-state index contributed by atoms with van der Waals surface area (Å²) in [7, 11) is 0. The van der Waals surface area contributed by atoms with E-state index in [4.69, 9.17) is 0 Å². The van der Waals surface area contributed by atoms with Crippen LogP contribution >= 0.6 is 0 Å². The van der Waals surface area contributed by atoms with Crippen molar-refractivity contribution < 1.29 is 0 Å². The zero-order valence-electron chi connectivity index (χ0n) is 7.40. The summed E-state index contributed by atoms with van der Waals surface area (Å²) >= 11 is 0. The standard InChI is InChI=1S/C10H20/c1-3-5-10-7-4-6-9(2)8-10/h9-10H,3-8H2,1-2H3/t9-,10-/m0/s1. The fourth-order valence-corrected chi connectivity index (χ4v) is 2.23. The molecule has 1 aliphatic rings. The lowest BCUT2D eigenvalue weighted by Crippen LogP contribution is -2.12. The van der Waals surface area contributed by atoms with E-state index in [2.05, 4.69) is 13.8 Å². The number of hydrogen-bond acceptors (Lipinski definition) is 0. The molecule has 0 nitrogen and oxygen atoms in total. The zero-order chi connectivity index (χ0) is 7.40. The molecule has 1 aliphatic carbocycles. The highest BCUT2D eigenvalue weighted by molar-refractivity contribution is 4.69. The van der Waals surface area contributed by atoms with Crippen LogP contribution in [0, 0.1) is 11.8 Å². The topological polar surface area (TPSA) is 0 Å². The summed E-state index contributed by atoms with van der Waals surface area (Å²) in [5.41, 5.74) is 0. The fourth-order valence-electron chi connectivity index (χ4n) is 2.23. The van der Waals surface area contributed by atoms with Gasteiger partial charge in [0.05, 0.1) is 0 Å². The SMILES string of the molecule is CCC[C@H]1CCC[C@H](C)C1. The van der Waals surface area contributed by atoms with Crippen molar-refractivity contribution in [3.05, 3.63) is 0 Å². The van der Waals surface area contributed by atoms with Gasteiger partial charge in [0.25, 0.3) is 0 Å². The maximum absolute atomic E-state index is 2.40. The van der Waals surface area contributed by atoms with Crippen LogP contribution in [0.3, 0.4) is 0 Å². The smallest absolute Gasteiger partial charge is 0.0412 e. The third kappa shape index (κ3) is 2.32. The highest BCUT2D eigenvalue weighted by atomic mass is 14.2. The van der Waals surface area contributed by atoms with Crippen molar-refractivity contribution in [2.45, 2.75) is 52.4 Å². The van der Waals surface area contributed by atoms with Crippen LogP contribution in [0.1, 0.15) is 52.4 Å². The Labute approximate surface area is 65.0 Å². The maximum Gasteiger partial charge on any atom is -0.0412 e. The minimum atomic E-state index is 1.02. The van der Waals surface area contributed by atoms with Crippen LogP contribution in [0.2, 0.25) is 0 Å². The van der Waals surface area contributed by atoms with Crippen LogP contribution < -0.4 is 0 Å². The Morgan fingerprint density at radius 2 is 2.10 bits per heavy atom. The Kier molecular flexibility index (Phi) is 3.24. The van der Waals surface area contributed by atoms with Gasteiger partial charge in [0, 0.05) is 0 Å². The normalized spacial score (nSPS) is 34.2. The molecule has 0 aromatic carbocycles. The van der Waals surface area contributed by atoms with E-state index in [9.17, 15) is 0 Å². The van der Waals surface area contributed by atoms with E-state index < -0.39 is 0 Å². The Bertz CT molecular complexity index is 84.0. The molecule has 1 fully saturated rings. The van der Waals surface area contributed by atoms with E-state index in [1.165, 1.54) is 38.5 Å². The molecule has 0 aromatic rings. The van der Waals surface area contributed by atoms with E-state index in [-0.39, 0.29) is 0 Å². The summed E-state index contributed by atoms with van der Waals surface area (Å²) < 4.78 is 0. The second kappa shape index (κ2) is 4.00. The summed E-state index contributed by atoms with van der Waals surface area (Å²) in [6.07, 6.45) is 8.86. The molecule has 0 heteroatoms. The summed E-state index contributed by atoms with van der Waals surface area (Å²) in [6, 6.07) is 0. The third-order valence-electron chi connectivity index (χ3n) is 2.74. The average Bonchev–Trinajstić information content (AvgIpc) is 1.88. The van der Waals surface area contributed by atoms with E-state index in [1.54, 1.807) is 0 Å². The quantitative estimate of drug-likeness (QED) is 0.549. The van der Waals surface area contributed by atoms with Crippen molar-refractivity contribution in [1.82, 2.24) is 0 Å². The lowest BCUT2D eigenvalue weighted by Gasteiger charge is -2.26. The summed E-state index contributed by atoms with van der Waals surface area (Å²) in [5, 5.41) is 0. The first-order valence-corrected chi connectivity index (χ1v) is 4.83. The molecule has 0 N–H and O–H groups in total. The average molecular weight is 140 g/mol. The molecule has 0 aromatic heterocycles. The first-order valence-electron chi connectivity index (χ1n) is 4.83. The number of hydrogen-bond donors (Lipinski definition) is 0. The van der Waals surface area contributed by atoms with Crippen LogP contribution in [0.4, 0.5) is 0 Å². The molecule has 0 aliphatic heterocycles. The van der Waals surface area contributed by atoms with E-state index in [0.717, 1.165) is 11.8 Å². The number of rotatable bonds is 2. The minimum Gasteiger partial charge on any atom is -0.0654 e. The second-order valence-corrected chi connectivity index (χ2v) is 3.93. The predicted molar refractivity (Wildman–Crippen MR) is 46.0 cm³/mol. The first kappa shape index (κ1) is 8.10. The van der Waals surface area contributed by atoms with E-state index in [0.29, 0.717) is 0 Å². The van der Waals surface area contributed by atoms with Gasteiger partial charge in [-0.1, -0.05) is 46.0 Å². The van der Waals surface area contributed by atoms with Gasteiger partial charge >= 0.3 is 0 Å². The molecule has 0 heterocycles. The molecule has 1 rings (SSSR count). The molecule has 0 bridgehead atoms. The first-order chi connectivity index (χ1) is 4.83. The Balaban J connectivity index is 2.18. The van der Waals surface area contributed by atoms with Gasteiger partial charge < -0.3 is 0 Å². The van der Waals surface area contributed by atoms with Gasteiger partial charge in [0.2, 0.25) is 0 Å². The summed E-state index contributed by atoms with van der Waals surface area (Å²) in [5.74, 6) is 2.10. The third-order valence-corrected chi connectivity index (χ3v) is 2.74. The van der Waals surface area contributed by atoms with Crippen molar-refractivity contribution in [2.24, 2.45) is 11.8 Å². The van der Waals surface area contributed by atoms with Gasteiger partial charge in [-0.25, -0.2) is 0 Å². The van der Waals surface area contributed by atoms with Gasteiger partial charge in [0.15, 0.2) is 0 Å². The molecular weight excluding hydrogens is 120 g/mol. The maximum atomic E-state index is 2.40. The molecule has 0 radical (unpaired) electrons. The minimum absolute atomic E-state index is 1.02. The molecule has 10 heavy (non-hydrogen) atoms. The molecule has 1 saturated carbocycles. The van der Waals surface area contributed by atoms with Crippen molar-refractivity contribution in [2.75, 3.05) is 0 Å². The Hall–Kier alpha value is 0. The van der Waals surface area contributed by atoms with Crippen molar-refractivity contribution in [3.63, 3.8) is 0 Å². The highest BCUT2D eigenvalue weighted by Crippen LogP contribution is 2.31. The highest BCUT2D eigenvalue weighted by Gasteiger charge is 2.17. The van der Waals surface area contributed by atoms with Gasteiger partial charge in [-0.15, -0.1) is 0 Å². The van der Waals surface area contributed by atoms with Crippen LogP contribution in [-0.2, 0) is 0 Å². The summed E-state index contributed by atoms with van der Waals surface area (Å²) in [4.78, 5) is 0. The second-order valence-electron chi connectivity index (χ2n) is 3.93. The molecule has 0 amide bonds.